The van der Waals surface area contributed by atoms with E-state index < -0.39 is 0 Å². The average molecular weight is 398 g/mol. The van der Waals surface area contributed by atoms with E-state index in [-0.39, 0.29) is 18.0 Å². The molecule has 1 saturated heterocycles. The second kappa shape index (κ2) is 10.2. The monoisotopic (exact) mass is 397 g/mol. The summed E-state index contributed by atoms with van der Waals surface area (Å²) in [5.74, 6) is 1.10. The van der Waals surface area contributed by atoms with Gasteiger partial charge in [0.2, 0.25) is 5.91 Å². The number of aromatic nitrogens is 2. The van der Waals surface area contributed by atoms with Crippen molar-refractivity contribution in [2.75, 3.05) is 37.6 Å². The van der Waals surface area contributed by atoms with Gasteiger partial charge in [0.25, 0.3) is 5.56 Å². The number of nitrogens with zero attached hydrogens (tertiary/aromatic N) is 4. The van der Waals surface area contributed by atoms with Crippen molar-refractivity contribution in [1.82, 2.24) is 20.0 Å². The first kappa shape index (κ1) is 21.0. The van der Waals surface area contributed by atoms with Gasteiger partial charge in [0, 0.05) is 45.3 Å². The summed E-state index contributed by atoms with van der Waals surface area (Å²) in [5, 5.41) is 7.30. The van der Waals surface area contributed by atoms with Gasteiger partial charge < -0.3 is 10.2 Å². The Kier molecular flexibility index (Phi) is 7.41. The highest BCUT2D eigenvalue weighted by Crippen LogP contribution is 2.13. The van der Waals surface area contributed by atoms with E-state index in [0.29, 0.717) is 12.5 Å². The van der Waals surface area contributed by atoms with E-state index in [1.807, 2.05) is 6.07 Å². The van der Waals surface area contributed by atoms with E-state index >= 15 is 0 Å². The second-order valence-electron chi connectivity index (χ2n) is 7.97. The first-order chi connectivity index (χ1) is 14.0. The molecule has 0 radical (unpaired) electrons. The van der Waals surface area contributed by atoms with Gasteiger partial charge in [-0.3, -0.25) is 14.5 Å². The molecule has 0 unspecified atom stereocenters. The van der Waals surface area contributed by atoms with Crippen LogP contribution in [-0.4, -0.2) is 53.3 Å². The summed E-state index contributed by atoms with van der Waals surface area (Å²) >= 11 is 0. The fourth-order valence-corrected chi connectivity index (χ4v) is 3.39. The number of piperazine rings is 1. The number of nitrogens with one attached hydrogen (secondary N) is 1. The third kappa shape index (κ3) is 6.42. The largest absolute Gasteiger partial charge is 0.354 e. The summed E-state index contributed by atoms with van der Waals surface area (Å²) in [6.07, 6.45) is 0.918. The van der Waals surface area contributed by atoms with Crippen molar-refractivity contribution in [3.63, 3.8) is 0 Å². The number of anilines is 1. The van der Waals surface area contributed by atoms with E-state index in [9.17, 15) is 9.59 Å². The first-order valence-corrected chi connectivity index (χ1v) is 10.4. The lowest BCUT2D eigenvalue weighted by Crippen LogP contribution is -2.46. The van der Waals surface area contributed by atoms with Crippen molar-refractivity contribution in [1.29, 1.82) is 0 Å². The quantitative estimate of drug-likeness (QED) is 0.735. The van der Waals surface area contributed by atoms with Gasteiger partial charge in [0.1, 0.15) is 12.4 Å². The van der Waals surface area contributed by atoms with Gasteiger partial charge in [0.15, 0.2) is 0 Å². The summed E-state index contributed by atoms with van der Waals surface area (Å²) in [7, 11) is 0. The summed E-state index contributed by atoms with van der Waals surface area (Å²) in [6, 6.07) is 13.7. The molecule has 1 aromatic heterocycles. The molecule has 29 heavy (non-hydrogen) atoms. The molecule has 1 amide bonds. The van der Waals surface area contributed by atoms with Crippen LogP contribution in [0.25, 0.3) is 0 Å². The normalized spacial score (nSPS) is 14.9. The molecule has 1 aliphatic rings. The van der Waals surface area contributed by atoms with Crippen LogP contribution in [0.4, 0.5) is 5.82 Å². The molecule has 2 heterocycles. The van der Waals surface area contributed by atoms with Gasteiger partial charge in [-0.15, -0.1) is 0 Å². The summed E-state index contributed by atoms with van der Waals surface area (Å²) in [4.78, 5) is 28.8. The molecule has 0 atom stereocenters. The number of benzene rings is 1. The maximum absolute atomic E-state index is 12.1. The molecule has 7 nitrogen and oxygen atoms in total. The molecule has 1 aliphatic heterocycles. The van der Waals surface area contributed by atoms with Crippen LogP contribution < -0.4 is 15.8 Å². The van der Waals surface area contributed by atoms with Crippen molar-refractivity contribution in [3.05, 3.63) is 58.4 Å². The van der Waals surface area contributed by atoms with Crippen molar-refractivity contribution in [2.45, 2.75) is 33.4 Å². The lowest BCUT2D eigenvalue weighted by atomic mass is 10.1. The van der Waals surface area contributed by atoms with E-state index in [1.54, 1.807) is 6.07 Å². The Labute approximate surface area is 172 Å². The van der Waals surface area contributed by atoms with E-state index in [0.717, 1.165) is 45.0 Å². The van der Waals surface area contributed by atoms with Crippen LogP contribution in [0, 0.1) is 5.92 Å². The Hall–Kier alpha value is -2.67. The lowest BCUT2D eigenvalue weighted by Gasteiger charge is -2.35. The van der Waals surface area contributed by atoms with Gasteiger partial charge >= 0.3 is 0 Å². The first-order valence-electron chi connectivity index (χ1n) is 10.4. The fraction of sp³-hybridized carbons (Fsp3) is 0.500. The predicted molar refractivity (Wildman–Crippen MR) is 115 cm³/mol. The van der Waals surface area contributed by atoms with Crippen molar-refractivity contribution in [2.24, 2.45) is 5.92 Å². The van der Waals surface area contributed by atoms with Crippen LogP contribution in [0.15, 0.2) is 47.3 Å². The Balaban J connectivity index is 1.54. The minimum atomic E-state index is -0.254. The molecule has 1 fully saturated rings. The van der Waals surface area contributed by atoms with Crippen LogP contribution in [0.5, 0.6) is 0 Å². The number of carbonyl (C=O) groups excluding carboxylic acids is 1. The fourth-order valence-electron chi connectivity index (χ4n) is 3.39. The summed E-state index contributed by atoms with van der Waals surface area (Å²) < 4.78 is 1.26. The van der Waals surface area contributed by atoms with Crippen LogP contribution >= 0.6 is 0 Å². The number of amides is 1. The van der Waals surface area contributed by atoms with Crippen LogP contribution in [0.3, 0.4) is 0 Å². The molecule has 0 bridgehead atoms. The smallest absolute Gasteiger partial charge is 0.267 e. The molecule has 7 heteroatoms. The Morgan fingerprint density at radius 2 is 1.79 bits per heavy atom. The van der Waals surface area contributed by atoms with E-state index in [2.05, 4.69) is 58.3 Å². The standard InChI is InChI=1S/C22H31N5O2/c1-18(2)10-11-23-21(28)17-27-22(29)9-8-20(24-27)26-14-12-25(13-15-26)16-19-6-4-3-5-7-19/h3-9,18H,10-17H2,1-2H3,(H,23,28). The molecule has 1 aromatic carbocycles. The average Bonchev–Trinajstić information content (AvgIpc) is 2.71. The molecular formula is C22H31N5O2. The van der Waals surface area contributed by atoms with E-state index in [1.165, 1.54) is 16.3 Å². The van der Waals surface area contributed by atoms with E-state index in [4.69, 9.17) is 0 Å². The number of hydrogen-bond acceptors (Lipinski definition) is 5. The zero-order chi connectivity index (χ0) is 20.6. The molecule has 156 valence electrons. The highest BCUT2D eigenvalue weighted by Gasteiger charge is 2.19. The van der Waals surface area contributed by atoms with Crippen LogP contribution in [-0.2, 0) is 17.9 Å². The SMILES string of the molecule is CC(C)CCNC(=O)Cn1nc(N2CCN(Cc3ccccc3)CC2)ccc1=O. The molecule has 0 spiro atoms. The molecule has 1 N–H and O–H groups in total. The van der Waals surface area contributed by atoms with Crippen LogP contribution in [0.1, 0.15) is 25.8 Å². The number of hydrogen-bond donors (Lipinski definition) is 1. The third-order valence-corrected chi connectivity index (χ3v) is 5.14. The Bertz CT molecular complexity index is 842. The lowest BCUT2D eigenvalue weighted by molar-refractivity contribution is -0.121. The second-order valence-corrected chi connectivity index (χ2v) is 7.97. The summed E-state index contributed by atoms with van der Waals surface area (Å²) in [6.45, 7) is 9.31. The van der Waals surface area contributed by atoms with Gasteiger partial charge in [-0.25, -0.2) is 4.68 Å². The molecule has 0 saturated carbocycles. The van der Waals surface area contributed by atoms with Gasteiger partial charge in [-0.05, 0) is 24.0 Å². The molecule has 2 aromatic rings. The minimum Gasteiger partial charge on any atom is -0.354 e. The number of carbonyl (C=O) groups is 1. The highest BCUT2D eigenvalue weighted by atomic mass is 16.2. The molecule has 0 aliphatic carbocycles. The van der Waals surface area contributed by atoms with Crippen molar-refractivity contribution >= 4 is 11.7 Å². The minimum absolute atomic E-state index is 0.0429. The third-order valence-electron chi connectivity index (χ3n) is 5.14. The topological polar surface area (TPSA) is 70.5 Å². The predicted octanol–water partition coefficient (Wildman–Crippen LogP) is 1.73. The van der Waals surface area contributed by atoms with Crippen LogP contribution in [0.2, 0.25) is 0 Å². The number of rotatable bonds is 8. The maximum atomic E-state index is 12.1. The van der Waals surface area contributed by atoms with Crippen molar-refractivity contribution in [3.8, 4) is 0 Å². The molecular weight excluding hydrogens is 366 g/mol. The van der Waals surface area contributed by atoms with Gasteiger partial charge in [-0.1, -0.05) is 44.2 Å². The molecule has 3 rings (SSSR count). The van der Waals surface area contributed by atoms with Gasteiger partial charge in [-0.2, -0.15) is 5.10 Å². The zero-order valence-electron chi connectivity index (χ0n) is 17.4. The van der Waals surface area contributed by atoms with Gasteiger partial charge in [0.05, 0.1) is 0 Å². The van der Waals surface area contributed by atoms with Crippen molar-refractivity contribution < 1.29 is 4.79 Å². The highest BCUT2D eigenvalue weighted by molar-refractivity contribution is 5.75. The maximum Gasteiger partial charge on any atom is 0.267 e. The summed E-state index contributed by atoms with van der Waals surface area (Å²) in [5.41, 5.74) is 1.06. The zero-order valence-corrected chi connectivity index (χ0v) is 17.4. The Morgan fingerprint density at radius 3 is 2.48 bits per heavy atom. The Morgan fingerprint density at radius 1 is 1.07 bits per heavy atom.